The summed E-state index contributed by atoms with van der Waals surface area (Å²) >= 11 is 1.83. The minimum Gasteiger partial charge on any atom is -0.350 e. The van der Waals surface area contributed by atoms with Gasteiger partial charge in [0.05, 0.1) is 6.04 Å². The molecule has 90 valence electrons. The molecule has 15 heavy (non-hydrogen) atoms. The molecule has 0 rings (SSSR count). The monoisotopic (exact) mass is 232 g/mol. The lowest BCUT2D eigenvalue weighted by atomic mass is 10.1. The van der Waals surface area contributed by atoms with Gasteiger partial charge in [-0.1, -0.05) is 0 Å². The van der Waals surface area contributed by atoms with Gasteiger partial charge in [-0.2, -0.15) is 11.8 Å². The normalized spacial score (nSPS) is 13.7. The third kappa shape index (κ3) is 8.75. The first-order valence-electron chi connectivity index (χ1n) is 5.41. The van der Waals surface area contributed by atoms with E-state index in [1.54, 1.807) is 0 Å². The molecule has 4 heteroatoms. The fraction of sp³-hybridized carbons (Fsp3) is 0.909. The van der Waals surface area contributed by atoms with E-state index in [1.807, 2.05) is 39.5 Å². The van der Waals surface area contributed by atoms with Crippen LogP contribution in [0.2, 0.25) is 0 Å². The van der Waals surface area contributed by atoms with Gasteiger partial charge in [-0.05, 0) is 52.7 Å². The summed E-state index contributed by atoms with van der Waals surface area (Å²) in [5.41, 5.74) is -0.147. The van der Waals surface area contributed by atoms with Crippen LogP contribution in [0.5, 0.6) is 0 Å². The van der Waals surface area contributed by atoms with E-state index < -0.39 is 0 Å². The highest BCUT2D eigenvalue weighted by Crippen LogP contribution is 1.99. The van der Waals surface area contributed by atoms with Crippen LogP contribution in [0.25, 0.3) is 0 Å². The average Bonchev–Trinajstić information content (AvgIpc) is 2.09. The first-order chi connectivity index (χ1) is 6.87. The van der Waals surface area contributed by atoms with Crippen molar-refractivity contribution < 1.29 is 4.79 Å². The molecule has 0 spiro atoms. The topological polar surface area (TPSA) is 41.1 Å². The van der Waals surface area contributed by atoms with Crippen molar-refractivity contribution in [3.05, 3.63) is 0 Å². The summed E-state index contributed by atoms with van der Waals surface area (Å²) in [6, 6.07) is -0.105. The van der Waals surface area contributed by atoms with Crippen molar-refractivity contribution in [3.8, 4) is 0 Å². The maximum absolute atomic E-state index is 11.6. The third-order valence-electron chi connectivity index (χ3n) is 1.87. The molecule has 0 fully saturated rings. The zero-order valence-corrected chi connectivity index (χ0v) is 11.3. The Morgan fingerprint density at radius 1 is 1.40 bits per heavy atom. The van der Waals surface area contributed by atoms with Crippen LogP contribution in [0.15, 0.2) is 0 Å². The van der Waals surface area contributed by atoms with Crippen molar-refractivity contribution in [2.75, 3.05) is 18.6 Å². The molecule has 2 N–H and O–H groups in total. The molecule has 0 aliphatic rings. The average molecular weight is 232 g/mol. The molecule has 1 unspecified atom stereocenters. The van der Waals surface area contributed by atoms with Crippen molar-refractivity contribution in [1.82, 2.24) is 10.6 Å². The van der Waals surface area contributed by atoms with Crippen LogP contribution < -0.4 is 10.6 Å². The van der Waals surface area contributed by atoms with E-state index in [-0.39, 0.29) is 17.5 Å². The number of hydrogen-bond donors (Lipinski definition) is 2. The van der Waals surface area contributed by atoms with Gasteiger partial charge in [0.1, 0.15) is 0 Å². The molecule has 1 atom stereocenters. The molecule has 0 aromatic rings. The summed E-state index contributed by atoms with van der Waals surface area (Å²) in [6.45, 7) is 8.78. The predicted octanol–water partition coefficient (Wildman–Crippen LogP) is 1.63. The highest BCUT2D eigenvalue weighted by atomic mass is 32.2. The van der Waals surface area contributed by atoms with Gasteiger partial charge in [0.2, 0.25) is 5.91 Å². The van der Waals surface area contributed by atoms with Gasteiger partial charge < -0.3 is 10.6 Å². The second-order valence-electron chi connectivity index (χ2n) is 4.76. The lowest BCUT2D eigenvalue weighted by Gasteiger charge is -2.23. The molecular weight excluding hydrogens is 208 g/mol. The van der Waals surface area contributed by atoms with E-state index in [2.05, 4.69) is 16.9 Å². The van der Waals surface area contributed by atoms with E-state index in [0.29, 0.717) is 0 Å². The molecule has 3 nitrogen and oxygen atoms in total. The molecule has 0 saturated carbocycles. The zero-order chi connectivity index (χ0) is 11.9. The molecule has 0 bridgehead atoms. The Kier molecular flexibility index (Phi) is 7.02. The number of hydrogen-bond acceptors (Lipinski definition) is 3. The van der Waals surface area contributed by atoms with Gasteiger partial charge >= 0.3 is 0 Å². The van der Waals surface area contributed by atoms with E-state index in [9.17, 15) is 4.79 Å². The number of carbonyl (C=O) groups excluding carboxylic acids is 1. The predicted molar refractivity (Wildman–Crippen MR) is 68.4 cm³/mol. The third-order valence-corrected chi connectivity index (χ3v) is 2.56. The van der Waals surface area contributed by atoms with E-state index in [1.165, 1.54) is 0 Å². The van der Waals surface area contributed by atoms with Gasteiger partial charge in [-0.15, -0.1) is 0 Å². The highest BCUT2D eigenvalue weighted by molar-refractivity contribution is 7.98. The van der Waals surface area contributed by atoms with Crippen LogP contribution in [0.4, 0.5) is 0 Å². The van der Waals surface area contributed by atoms with E-state index in [4.69, 9.17) is 0 Å². The van der Waals surface area contributed by atoms with Crippen LogP contribution in [0.1, 0.15) is 34.1 Å². The standard InChI is InChI=1S/C11H24N2OS/c1-9(12-7-6-8-15-5)10(14)13-11(2,3)4/h9,12H,6-8H2,1-5H3,(H,13,14). The van der Waals surface area contributed by atoms with E-state index >= 15 is 0 Å². The zero-order valence-electron chi connectivity index (χ0n) is 10.5. The summed E-state index contributed by atoms with van der Waals surface area (Å²) in [7, 11) is 0. The number of carbonyl (C=O) groups is 1. The number of thioether (sulfide) groups is 1. The molecule has 0 aromatic heterocycles. The van der Waals surface area contributed by atoms with Gasteiger partial charge in [0, 0.05) is 5.54 Å². The molecule has 1 amide bonds. The van der Waals surface area contributed by atoms with Crippen molar-refractivity contribution in [1.29, 1.82) is 0 Å². The molecule has 0 aliphatic carbocycles. The summed E-state index contributed by atoms with van der Waals surface area (Å²) in [5, 5.41) is 6.17. The first-order valence-corrected chi connectivity index (χ1v) is 6.80. The lowest BCUT2D eigenvalue weighted by molar-refractivity contribution is -0.124. The molecule has 0 saturated heterocycles. The van der Waals surface area contributed by atoms with Gasteiger partial charge in [-0.25, -0.2) is 0 Å². The van der Waals surface area contributed by atoms with Crippen molar-refractivity contribution in [2.24, 2.45) is 0 Å². The van der Waals surface area contributed by atoms with Crippen molar-refractivity contribution >= 4 is 17.7 Å². The number of rotatable bonds is 6. The second-order valence-corrected chi connectivity index (χ2v) is 5.75. The first kappa shape index (κ1) is 14.8. The lowest BCUT2D eigenvalue weighted by Crippen LogP contribution is -2.49. The smallest absolute Gasteiger partial charge is 0.237 e. The molecule has 0 radical (unpaired) electrons. The fourth-order valence-corrected chi connectivity index (χ4v) is 1.54. The molecule has 0 heterocycles. The number of nitrogens with one attached hydrogen (secondary N) is 2. The van der Waals surface area contributed by atoms with Crippen LogP contribution in [-0.2, 0) is 4.79 Å². The molecular formula is C11H24N2OS. The SMILES string of the molecule is CSCCCNC(C)C(=O)NC(C)(C)C. The Morgan fingerprint density at radius 2 is 2.00 bits per heavy atom. The largest absolute Gasteiger partial charge is 0.350 e. The maximum atomic E-state index is 11.6. The molecule has 0 aliphatic heterocycles. The Morgan fingerprint density at radius 3 is 2.47 bits per heavy atom. The summed E-state index contributed by atoms with van der Waals surface area (Å²) in [6.07, 6.45) is 3.20. The highest BCUT2D eigenvalue weighted by Gasteiger charge is 2.18. The fourth-order valence-electron chi connectivity index (χ4n) is 1.11. The minimum atomic E-state index is -0.147. The molecule has 0 aromatic carbocycles. The van der Waals surface area contributed by atoms with Crippen molar-refractivity contribution in [3.63, 3.8) is 0 Å². The Bertz CT molecular complexity index is 190. The van der Waals surface area contributed by atoms with E-state index in [0.717, 1.165) is 18.7 Å². The van der Waals surface area contributed by atoms with Crippen molar-refractivity contribution in [2.45, 2.75) is 45.7 Å². The summed E-state index contributed by atoms with van der Waals surface area (Å²) < 4.78 is 0. The van der Waals surface area contributed by atoms with Gasteiger partial charge in [0.25, 0.3) is 0 Å². The number of amides is 1. The van der Waals surface area contributed by atoms with Crippen LogP contribution in [0.3, 0.4) is 0 Å². The Hall–Kier alpha value is -0.220. The summed E-state index contributed by atoms with van der Waals surface area (Å²) in [4.78, 5) is 11.6. The van der Waals surface area contributed by atoms with Gasteiger partial charge in [-0.3, -0.25) is 4.79 Å². The van der Waals surface area contributed by atoms with Gasteiger partial charge in [0.15, 0.2) is 0 Å². The Balaban J connectivity index is 3.70. The van der Waals surface area contributed by atoms with Crippen LogP contribution in [-0.4, -0.2) is 36.0 Å². The second kappa shape index (κ2) is 7.12. The van der Waals surface area contributed by atoms with Crippen LogP contribution >= 0.6 is 11.8 Å². The Labute approximate surface area is 97.8 Å². The minimum absolute atomic E-state index is 0.0756. The van der Waals surface area contributed by atoms with Crippen LogP contribution in [0, 0.1) is 0 Å². The quantitative estimate of drug-likeness (QED) is 0.684. The maximum Gasteiger partial charge on any atom is 0.237 e. The summed E-state index contributed by atoms with van der Waals surface area (Å²) in [5.74, 6) is 1.22.